The summed E-state index contributed by atoms with van der Waals surface area (Å²) < 4.78 is 42.6. The van der Waals surface area contributed by atoms with E-state index in [9.17, 15) is 12.8 Å². The third-order valence-corrected chi connectivity index (χ3v) is 6.43. The highest BCUT2D eigenvalue weighted by atomic mass is 32.2. The lowest BCUT2D eigenvalue weighted by molar-refractivity contribution is 0.588. The van der Waals surface area contributed by atoms with Crippen molar-refractivity contribution in [2.75, 3.05) is 0 Å². The van der Waals surface area contributed by atoms with Gasteiger partial charge in [-0.05, 0) is 53.9 Å². The van der Waals surface area contributed by atoms with Crippen molar-refractivity contribution >= 4 is 26.6 Å². The normalized spacial score (nSPS) is 12.6. The summed E-state index contributed by atoms with van der Waals surface area (Å²) in [5.41, 5.74) is 2.03. The van der Waals surface area contributed by atoms with Gasteiger partial charge in [0, 0.05) is 17.2 Å². The van der Waals surface area contributed by atoms with Gasteiger partial charge in [-0.2, -0.15) is 0 Å². The Morgan fingerprint density at radius 3 is 2.47 bits per heavy atom. The first-order valence-corrected chi connectivity index (χ1v) is 11.1. The molecule has 0 aliphatic carbocycles. The zero-order valence-electron chi connectivity index (χ0n) is 16.7. The third-order valence-electron chi connectivity index (χ3n) is 4.71. The van der Waals surface area contributed by atoms with Gasteiger partial charge in [0.1, 0.15) is 5.82 Å². The predicted octanol–water partition coefficient (Wildman–Crippen LogP) is 5.50. The van der Waals surface area contributed by atoms with Gasteiger partial charge in [0.15, 0.2) is 5.65 Å². The molecule has 0 spiro atoms. The molecule has 30 heavy (non-hydrogen) atoms. The fraction of sp³-hybridized carbons (Fsp3) is 0.125. The molecule has 0 saturated carbocycles. The van der Waals surface area contributed by atoms with E-state index in [2.05, 4.69) is 4.98 Å². The van der Waals surface area contributed by atoms with Crippen LogP contribution in [0.15, 0.2) is 90.0 Å². The van der Waals surface area contributed by atoms with Crippen LogP contribution in [0, 0.1) is 11.7 Å². The number of hydrogen-bond donors (Lipinski definition) is 0. The Kier molecular flexibility index (Phi) is 5.26. The second kappa shape index (κ2) is 7.88. The summed E-state index contributed by atoms with van der Waals surface area (Å²) in [4.78, 5) is 4.51. The Morgan fingerprint density at radius 1 is 1.00 bits per heavy atom. The number of pyridine rings is 1. The zero-order chi connectivity index (χ0) is 21.3. The van der Waals surface area contributed by atoms with E-state index >= 15 is 0 Å². The van der Waals surface area contributed by atoms with E-state index in [0.717, 1.165) is 0 Å². The van der Waals surface area contributed by atoms with Crippen LogP contribution in [-0.4, -0.2) is 17.4 Å². The smallest absolute Gasteiger partial charge is 0.237 e. The first kappa shape index (κ1) is 20.0. The number of fused-ring (bicyclic) bond motifs is 1. The highest BCUT2D eigenvalue weighted by molar-refractivity contribution is 7.90. The number of rotatable bonds is 5. The first-order chi connectivity index (χ1) is 14.4. The molecule has 0 saturated heterocycles. The fourth-order valence-corrected chi connectivity index (χ4v) is 4.96. The number of nitrogens with zero attached hydrogens (tertiary/aromatic N) is 2. The molecule has 2 aromatic heterocycles. The molecule has 2 heterocycles. The van der Waals surface area contributed by atoms with E-state index in [1.54, 1.807) is 60.8 Å². The van der Waals surface area contributed by atoms with Crippen molar-refractivity contribution < 1.29 is 12.8 Å². The highest BCUT2D eigenvalue weighted by Gasteiger charge is 2.26. The van der Waals surface area contributed by atoms with E-state index in [1.807, 2.05) is 26.0 Å². The van der Waals surface area contributed by atoms with Gasteiger partial charge in [0.2, 0.25) is 0 Å². The summed E-state index contributed by atoms with van der Waals surface area (Å²) in [6, 6.07) is 19.8. The van der Waals surface area contributed by atoms with Crippen LogP contribution in [0.25, 0.3) is 16.6 Å². The number of halogens is 1. The number of hydrogen-bond acceptors (Lipinski definition) is 3. The van der Waals surface area contributed by atoms with E-state index in [1.165, 1.54) is 16.1 Å². The maximum Gasteiger partial charge on any atom is 0.269 e. The monoisotopic (exact) mass is 420 g/mol. The minimum Gasteiger partial charge on any atom is -0.237 e. The molecule has 0 unspecified atom stereocenters. The van der Waals surface area contributed by atoms with Gasteiger partial charge in [0.25, 0.3) is 10.0 Å². The Labute approximate surface area is 175 Å². The summed E-state index contributed by atoms with van der Waals surface area (Å²) in [7, 11) is -3.93. The number of allylic oxidation sites excluding steroid dienone is 1. The molecule has 0 bridgehead atoms. The lowest BCUT2D eigenvalue weighted by Gasteiger charge is -2.15. The number of aromatic nitrogens is 2. The van der Waals surface area contributed by atoms with Crippen molar-refractivity contribution in [3.8, 4) is 0 Å². The lowest BCUT2D eigenvalue weighted by Crippen LogP contribution is -2.16. The molecule has 6 heteroatoms. The largest absolute Gasteiger partial charge is 0.269 e. The molecule has 4 aromatic rings. The third kappa shape index (κ3) is 3.66. The highest BCUT2D eigenvalue weighted by Crippen LogP contribution is 2.33. The Balaban J connectivity index is 2.07. The molecule has 152 valence electrons. The summed E-state index contributed by atoms with van der Waals surface area (Å²) in [6.45, 7) is 3.99. The molecule has 2 aromatic carbocycles. The maximum atomic E-state index is 14.0. The van der Waals surface area contributed by atoms with E-state index in [-0.39, 0.29) is 16.6 Å². The van der Waals surface area contributed by atoms with Crippen LogP contribution in [0.2, 0.25) is 0 Å². The van der Waals surface area contributed by atoms with Crippen LogP contribution in [0.4, 0.5) is 4.39 Å². The average molecular weight is 421 g/mol. The summed E-state index contributed by atoms with van der Waals surface area (Å²) in [6.07, 6.45) is 3.51. The van der Waals surface area contributed by atoms with Gasteiger partial charge in [-0.25, -0.2) is 21.8 Å². The summed E-state index contributed by atoms with van der Waals surface area (Å²) in [5.74, 6) is -0.268. The molecule has 0 aliphatic heterocycles. The van der Waals surface area contributed by atoms with E-state index < -0.39 is 10.0 Å². The first-order valence-electron chi connectivity index (χ1n) is 9.63. The molecule has 4 rings (SSSR count). The van der Waals surface area contributed by atoms with Crippen molar-refractivity contribution in [1.29, 1.82) is 0 Å². The van der Waals surface area contributed by atoms with Crippen LogP contribution >= 0.6 is 0 Å². The van der Waals surface area contributed by atoms with Crippen LogP contribution in [0.5, 0.6) is 0 Å². The van der Waals surface area contributed by atoms with E-state index in [4.69, 9.17) is 0 Å². The summed E-state index contributed by atoms with van der Waals surface area (Å²) in [5, 5.41) is 0.693. The summed E-state index contributed by atoms with van der Waals surface area (Å²) >= 11 is 0. The van der Waals surface area contributed by atoms with Crippen molar-refractivity contribution in [2.24, 2.45) is 5.92 Å². The van der Waals surface area contributed by atoms with Gasteiger partial charge >= 0.3 is 0 Å². The molecule has 0 amide bonds. The molecule has 4 nitrogen and oxygen atoms in total. The Hall–Kier alpha value is -3.25. The van der Waals surface area contributed by atoms with E-state index in [0.29, 0.717) is 27.9 Å². The van der Waals surface area contributed by atoms with Gasteiger partial charge < -0.3 is 0 Å². The lowest BCUT2D eigenvalue weighted by atomic mass is 9.98. The topological polar surface area (TPSA) is 52.0 Å². The Morgan fingerprint density at radius 2 is 1.77 bits per heavy atom. The van der Waals surface area contributed by atoms with Crippen LogP contribution in [0.3, 0.4) is 0 Å². The average Bonchev–Trinajstić information content (AvgIpc) is 3.12. The molecule has 0 radical (unpaired) electrons. The van der Waals surface area contributed by atoms with Crippen molar-refractivity contribution in [1.82, 2.24) is 8.96 Å². The standard InChI is InChI=1S/C24H21FN2O2S/c1-17(2)14-22(18-8-6-10-20(25)15-18)23-16-19-9-7-13-26-24(19)27(23)30(28,29)21-11-4-3-5-12-21/h3-17H,1-2H3/b22-14+. The predicted molar refractivity (Wildman–Crippen MR) is 117 cm³/mol. The van der Waals surface area contributed by atoms with Gasteiger partial charge in [-0.1, -0.05) is 50.3 Å². The van der Waals surface area contributed by atoms with Gasteiger partial charge in [0.05, 0.1) is 10.6 Å². The van der Waals surface area contributed by atoms with Crippen LogP contribution in [0.1, 0.15) is 25.1 Å². The second-order valence-corrected chi connectivity index (χ2v) is 9.15. The SMILES string of the molecule is CC(C)/C=C(\c1cccc(F)c1)c1cc2cccnc2n1S(=O)(=O)c1ccccc1. The van der Waals surface area contributed by atoms with Crippen molar-refractivity contribution in [3.63, 3.8) is 0 Å². The fourth-order valence-electron chi connectivity index (χ4n) is 3.46. The molecule has 0 aliphatic rings. The Bertz CT molecular complexity index is 1340. The van der Waals surface area contributed by atoms with Crippen molar-refractivity contribution in [2.45, 2.75) is 18.7 Å². The molecule has 0 N–H and O–H groups in total. The number of benzene rings is 2. The second-order valence-electron chi connectivity index (χ2n) is 7.36. The molecule has 0 fully saturated rings. The van der Waals surface area contributed by atoms with Gasteiger partial charge in [-0.3, -0.25) is 0 Å². The minimum absolute atomic E-state index is 0.113. The van der Waals surface area contributed by atoms with Gasteiger partial charge in [-0.15, -0.1) is 0 Å². The quantitative estimate of drug-likeness (QED) is 0.428. The maximum absolute atomic E-state index is 14.0. The minimum atomic E-state index is -3.93. The van der Waals surface area contributed by atoms with Crippen molar-refractivity contribution in [3.05, 3.63) is 102 Å². The zero-order valence-corrected chi connectivity index (χ0v) is 17.5. The molecular weight excluding hydrogens is 399 g/mol. The molecule has 0 atom stereocenters. The molecular formula is C24H21FN2O2S. The van der Waals surface area contributed by atoms with Crippen LogP contribution < -0.4 is 0 Å². The van der Waals surface area contributed by atoms with Crippen LogP contribution in [-0.2, 0) is 10.0 Å².